The molecule has 1 aliphatic heterocycles. The van der Waals surface area contributed by atoms with E-state index in [2.05, 4.69) is 55.3 Å². The van der Waals surface area contributed by atoms with Crippen LogP contribution < -0.4 is 5.32 Å². The van der Waals surface area contributed by atoms with Gasteiger partial charge in [0.2, 0.25) is 0 Å². The molecule has 0 amide bonds. The molecule has 2 unspecified atom stereocenters. The Hall–Kier alpha value is -0.860. The lowest BCUT2D eigenvalue weighted by Gasteiger charge is -2.38. The van der Waals surface area contributed by atoms with Crippen molar-refractivity contribution in [3.63, 3.8) is 0 Å². The zero-order valence-corrected chi connectivity index (χ0v) is 13.4. The van der Waals surface area contributed by atoms with Gasteiger partial charge in [0.25, 0.3) is 0 Å². The van der Waals surface area contributed by atoms with Gasteiger partial charge in [0.05, 0.1) is 0 Å². The minimum atomic E-state index is 0.713. The third-order valence-corrected chi connectivity index (χ3v) is 4.82. The average Bonchev–Trinajstić information content (AvgIpc) is 2.46. The van der Waals surface area contributed by atoms with E-state index in [0.29, 0.717) is 6.04 Å². The summed E-state index contributed by atoms with van der Waals surface area (Å²) in [6, 6.07) is 9.68. The van der Waals surface area contributed by atoms with Crippen molar-refractivity contribution in [3.8, 4) is 0 Å². The standard InChI is InChI=1S/C18H30N2/c1-4-19-12-11-17-9-5-6-10-18(17)14-20-13-7-8-15(2)16(20)3/h5-6,9-10,15-16,19H,4,7-8,11-14H2,1-3H3. The number of likely N-dealkylation sites (tertiary alicyclic amines) is 1. The SMILES string of the molecule is CCNCCc1ccccc1CN1CCCC(C)C1C. The van der Waals surface area contributed by atoms with E-state index >= 15 is 0 Å². The number of likely N-dealkylation sites (N-methyl/N-ethyl adjacent to an activating group) is 1. The topological polar surface area (TPSA) is 15.3 Å². The van der Waals surface area contributed by atoms with E-state index in [4.69, 9.17) is 0 Å². The Kier molecular flexibility index (Phi) is 6.06. The lowest BCUT2D eigenvalue weighted by Crippen LogP contribution is -2.41. The molecule has 1 aromatic carbocycles. The van der Waals surface area contributed by atoms with Gasteiger partial charge in [-0.25, -0.2) is 0 Å². The number of nitrogens with one attached hydrogen (secondary N) is 1. The molecule has 2 nitrogen and oxygen atoms in total. The fourth-order valence-electron chi connectivity index (χ4n) is 3.22. The summed E-state index contributed by atoms with van der Waals surface area (Å²) in [5.74, 6) is 0.831. The van der Waals surface area contributed by atoms with Gasteiger partial charge in [-0.05, 0) is 62.9 Å². The first-order chi connectivity index (χ1) is 9.72. The van der Waals surface area contributed by atoms with E-state index < -0.39 is 0 Å². The molecule has 0 aromatic heterocycles. The molecule has 1 fully saturated rings. The van der Waals surface area contributed by atoms with Gasteiger partial charge in [-0.1, -0.05) is 38.1 Å². The first-order valence-corrected chi connectivity index (χ1v) is 8.24. The summed E-state index contributed by atoms with van der Waals surface area (Å²) < 4.78 is 0. The molecule has 0 radical (unpaired) electrons. The third-order valence-electron chi connectivity index (χ3n) is 4.82. The molecule has 2 heteroatoms. The molecule has 0 bridgehead atoms. The maximum atomic E-state index is 3.43. The Morgan fingerprint density at radius 3 is 2.70 bits per heavy atom. The molecule has 1 aromatic rings. The summed E-state index contributed by atoms with van der Waals surface area (Å²) in [4.78, 5) is 2.67. The zero-order valence-electron chi connectivity index (χ0n) is 13.4. The molecule has 20 heavy (non-hydrogen) atoms. The number of hydrogen-bond donors (Lipinski definition) is 1. The van der Waals surface area contributed by atoms with Gasteiger partial charge in [-0.15, -0.1) is 0 Å². The molecule has 1 N–H and O–H groups in total. The number of nitrogens with zero attached hydrogens (tertiary/aromatic N) is 1. The van der Waals surface area contributed by atoms with Gasteiger partial charge in [0.15, 0.2) is 0 Å². The van der Waals surface area contributed by atoms with Crippen LogP contribution in [0.1, 0.15) is 44.7 Å². The largest absolute Gasteiger partial charge is 0.317 e. The van der Waals surface area contributed by atoms with Crippen molar-refractivity contribution in [2.45, 2.75) is 52.6 Å². The number of piperidine rings is 1. The second-order valence-corrected chi connectivity index (χ2v) is 6.20. The normalized spacial score (nSPS) is 23.9. The molecule has 1 saturated heterocycles. The summed E-state index contributed by atoms with van der Waals surface area (Å²) in [5.41, 5.74) is 3.03. The van der Waals surface area contributed by atoms with Crippen LogP contribution in [-0.2, 0) is 13.0 Å². The van der Waals surface area contributed by atoms with Crippen LogP contribution in [-0.4, -0.2) is 30.6 Å². The van der Waals surface area contributed by atoms with Crippen molar-refractivity contribution in [1.29, 1.82) is 0 Å². The Morgan fingerprint density at radius 1 is 1.20 bits per heavy atom. The monoisotopic (exact) mass is 274 g/mol. The van der Waals surface area contributed by atoms with E-state index in [1.165, 1.54) is 30.5 Å². The number of benzene rings is 1. The summed E-state index contributed by atoms with van der Waals surface area (Å²) in [5, 5.41) is 3.43. The smallest absolute Gasteiger partial charge is 0.0239 e. The molecule has 1 heterocycles. The van der Waals surface area contributed by atoms with Crippen LogP contribution in [0, 0.1) is 5.92 Å². The highest BCUT2D eigenvalue weighted by Gasteiger charge is 2.24. The molecular weight excluding hydrogens is 244 g/mol. The summed E-state index contributed by atoms with van der Waals surface area (Å²) in [6.07, 6.45) is 3.88. The maximum absolute atomic E-state index is 3.43. The van der Waals surface area contributed by atoms with Gasteiger partial charge in [0.1, 0.15) is 0 Å². The van der Waals surface area contributed by atoms with Gasteiger partial charge in [0, 0.05) is 12.6 Å². The molecule has 0 spiro atoms. The van der Waals surface area contributed by atoms with Gasteiger partial charge >= 0.3 is 0 Å². The Balaban J connectivity index is 2.00. The van der Waals surface area contributed by atoms with Crippen molar-refractivity contribution in [2.75, 3.05) is 19.6 Å². The Morgan fingerprint density at radius 2 is 1.95 bits per heavy atom. The van der Waals surface area contributed by atoms with E-state index in [-0.39, 0.29) is 0 Å². The minimum absolute atomic E-state index is 0.713. The highest BCUT2D eigenvalue weighted by atomic mass is 15.2. The van der Waals surface area contributed by atoms with Crippen molar-refractivity contribution < 1.29 is 0 Å². The molecule has 0 aliphatic carbocycles. The number of rotatable bonds is 6. The Labute approximate surface area is 124 Å². The van der Waals surface area contributed by atoms with E-state index in [1.807, 2.05) is 0 Å². The first kappa shape index (κ1) is 15.5. The van der Waals surface area contributed by atoms with Crippen molar-refractivity contribution >= 4 is 0 Å². The van der Waals surface area contributed by atoms with Crippen LogP contribution in [0.15, 0.2) is 24.3 Å². The fraction of sp³-hybridized carbons (Fsp3) is 0.667. The van der Waals surface area contributed by atoms with Gasteiger partial charge in [-0.2, -0.15) is 0 Å². The molecule has 2 atom stereocenters. The summed E-state index contributed by atoms with van der Waals surface area (Å²) in [7, 11) is 0. The van der Waals surface area contributed by atoms with Crippen molar-refractivity contribution in [1.82, 2.24) is 10.2 Å². The predicted octanol–water partition coefficient (Wildman–Crippen LogP) is 3.46. The van der Waals surface area contributed by atoms with E-state index in [0.717, 1.165) is 32.0 Å². The first-order valence-electron chi connectivity index (χ1n) is 8.24. The van der Waals surface area contributed by atoms with Crippen LogP contribution >= 0.6 is 0 Å². The second kappa shape index (κ2) is 7.80. The lowest BCUT2D eigenvalue weighted by atomic mass is 9.91. The van der Waals surface area contributed by atoms with Crippen LogP contribution in [0.4, 0.5) is 0 Å². The number of hydrogen-bond acceptors (Lipinski definition) is 2. The van der Waals surface area contributed by atoms with E-state index in [9.17, 15) is 0 Å². The summed E-state index contributed by atoms with van der Waals surface area (Å²) >= 11 is 0. The predicted molar refractivity (Wildman–Crippen MR) is 87.0 cm³/mol. The quantitative estimate of drug-likeness (QED) is 0.799. The summed E-state index contributed by atoms with van der Waals surface area (Å²) in [6.45, 7) is 11.5. The molecular formula is C18H30N2. The van der Waals surface area contributed by atoms with Crippen LogP contribution in [0.5, 0.6) is 0 Å². The minimum Gasteiger partial charge on any atom is -0.317 e. The lowest BCUT2D eigenvalue weighted by molar-refractivity contribution is 0.106. The van der Waals surface area contributed by atoms with Crippen LogP contribution in [0.25, 0.3) is 0 Å². The third kappa shape index (κ3) is 4.07. The van der Waals surface area contributed by atoms with Crippen molar-refractivity contribution in [3.05, 3.63) is 35.4 Å². The zero-order chi connectivity index (χ0) is 14.4. The molecule has 1 aliphatic rings. The van der Waals surface area contributed by atoms with Crippen LogP contribution in [0.3, 0.4) is 0 Å². The fourth-order valence-corrected chi connectivity index (χ4v) is 3.22. The Bertz CT molecular complexity index is 402. The van der Waals surface area contributed by atoms with Crippen molar-refractivity contribution in [2.24, 2.45) is 5.92 Å². The van der Waals surface area contributed by atoms with Gasteiger partial charge in [-0.3, -0.25) is 4.90 Å². The average molecular weight is 274 g/mol. The maximum Gasteiger partial charge on any atom is 0.0239 e. The molecule has 0 saturated carbocycles. The van der Waals surface area contributed by atoms with Gasteiger partial charge < -0.3 is 5.32 Å². The highest BCUT2D eigenvalue weighted by molar-refractivity contribution is 5.27. The molecule has 112 valence electrons. The second-order valence-electron chi connectivity index (χ2n) is 6.20. The molecule has 2 rings (SSSR count). The highest BCUT2D eigenvalue weighted by Crippen LogP contribution is 2.25. The van der Waals surface area contributed by atoms with Crippen LogP contribution in [0.2, 0.25) is 0 Å². The van der Waals surface area contributed by atoms with E-state index in [1.54, 1.807) is 0 Å².